The molecule has 1 aromatic carbocycles. The molecule has 6 heteroatoms. The van der Waals surface area contributed by atoms with E-state index in [9.17, 15) is 0 Å². The lowest BCUT2D eigenvalue weighted by atomic mass is 9.82. The van der Waals surface area contributed by atoms with Gasteiger partial charge in [-0.2, -0.15) is 0 Å². The second-order valence-corrected chi connectivity index (χ2v) is 8.18. The number of guanidine groups is 1. The molecule has 2 atom stereocenters. The molecule has 28 heavy (non-hydrogen) atoms. The average Bonchev–Trinajstić information content (AvgIpc) is 3.08. The van der Waals surface area contributed by atoms with Gasteiger partial charge in [-0.05, 0) is 57.2 Å². The number of H-pyrrole nitrogens is 1. The number of para-hydroxylation sites is 1. The number of fused-ring (bicyclic) bond motifs is 3. The lowest BCUT2D eigenvalue weighted by molar-refractivity contribution is 0.0526. The Morgan fingerprint density at radius 2 is 1.96 bits per heavy atom. The van der Waals surface area contributed by atoms with Gasteiger partial charge in [0.1, 0.15) is 0 Å². The Morgan fingerprint density at radius 3 is 2.71 bits per heavy atom. The fourth-order valence-corrected chi connectivity index (χ4v) is 4.95. The highest BCUT2D eigenvalue weighted by Crippen LogP contribution is 2.32. The number of nitrogens with one attached hydrogen (secondary N) is 3. The van der Waals surface area contributed by atoms with Crippen molar-refractivity contribution in [2.24, 2.45) is 4.99 Å². The molecule has 2 aromatic rings. The number of aryl methyl sites for hydroxylation is 1. The second-order valence-electron chi connectivity index (χ2n) is 8.18. The largest absolute Gasteiger partial charge is 0.361 e. The van der Waals surface area contributed by atoms with E-state index in [2.05, 4.69) is 63.0 Å². The van der Waals surface area contributed by atoms with Crippen molar-refractivity contribution in [1.29, 1.82) is 0 Å². The molecule has 0 radical (unpaired) electrons. The SMILES string of the molecule is CN=C(NCCCc1c[nH]c2ccccc12)NC1CC2CCCC(C1)N2C.I. The molecule has 2 saturated heterocycles. The summed E-state index contributed by atoms with van der Waals surface area (Å²) in [4.78, 5) is 10.4. The first-order valence-electron chi connectivity index (χ1n) is 10.5. The maximum atomic E-state index is 4.45. The van der Waals surface area contributed by atoms with Crippen LogP contribution in [0.1, 0.15) is 44.1 Å². The number of hydrogen-bond acceptors (Lipinski definition) is 2. The van der Waals surface area contributed by atoms with Gasteiger partial charge in [0.2, 0.25) is 0 Å². The third-order valence-corrected chi connectivity index (χ3v) is 6.49. The van der Waals surface area contributed by atoms with Crippen molar-refractivity contribution in [3.63, 3.8) is 0 Å². The number of aromatic amines is 1. The molecule has 5 nitrogen and oxygen atoms in total. The molecule has 2 bridgehead atoms. The van der Waals surface area contributed by atoms with Gasteiger partial charge >= 0.3 is 0 Å². The minimum absolute atomic E-state index is 0. The van der Waals surface area contributed by atoms with Crippen molar-refractivity contribution in [3.8, 4) is 0 Å². The Morgan fingerprint density at radius 1 is 1.21 bits per heavy atom. The van der Waals surface area contributed by atoms with Crippen LogP contribution >= 0.6 is 24.0 Å². The molecule has 0 spiro atoms. The van der Waals surface area contributed by atoms with E-state index in [0.717, 1.165) is 37.4 Å². The van der Waals surface area contributed by atoms with Gasteiger partial charge in [-0.3, -0.25) is 4.99 Å². The summed E-state index contributed by atoms with van der Waals surface area (Å²) in [5, 5.41) is 8.55. The monoisotopic (exact) mass is 495 g/mol. The Kier molecular flexibility index (Phi) is 7.62. The van der Waals surface area contributed by atoms with E-state index in [1.165, 1.54) is 48.6 Å². The molecule has 0 saturated carbocycles. The molecule has 3 heterocycles. The van der Waals surface area contributed by atoms with E-state index in [0.29, 0.717) is 6.04 Å². The number of rotatable bonds is 5. The van der Waals surface area contributed by atoms with Gasteiger partial charge in [-0.1, -0.05) is 24.6 Å². The molecular weight excluding hydrogens is 461 g/mol. The van der Waals surface area contributed by atoms with Crippen molar-refractivity contribution in [2.45, 2.75) is 63.1 Å². The number of piperidine rings is 2. The quantitative estimate of drug-likeness (QED) is 0.255. The zero-order chi connectivity index (χ0) is 18.6. The molecular formula is C22H34IN5. The molecule has 2 fully saturated rings. The molecule has 0 aliphatic carbocycles. The third kappa shape index (κ3) is 4.82. The number of benzene rings is 1. The van der Waals surface area contributed by atoms with Gasteiger partial charge in [-0.25, -0.2) is 0 Å². The summed E-state index contributed by atoms with van der Waals surface area (Å²) in [6.45, 7) is 0.943. The summed E-state index contributed by atoms with van der Waals surface area (Å²) >= 11 is 0. The predicted molar refractivity (Wildman–Crippen MR) is 129 cm³/mol. The van der Waals surface area contributed by atoms with Crippen molar-refractivity contribution in [1.82, 2.24) is 20.5 Å². The van der Waals surface area contributed by atoms with Crippen LogP contribution in [-0.2, 0) is 6.42 Å². The van der Waals surface area contributed by atoms with Crippen LogP contribution in [0.15, 0.2) is 35.5 Å². The van der Waals surface area contributed by atoms with Crippen LogP contribution in [0.3, 0.4) is 0 Å². The maximum absolute atomic E-state index is 4.45. The first-order chi connectivity index (χ1) is 13.2. The van der Waals surface area contributed by atoms with Crippen molar-refractivity contribution in [3.05, 3.63) is 36.0 Å². The van der Waals surface area contributed by atoms with Gasteiger partial charge in [0.25, 0.3) is 0 Å². The van der Waals surface area contributed by atoms with E-state index < -0.39 is 0 Å². The van der Waals surface area contributed by atoms with Crippen LogP contribution in [0.5, 0.6) is 0 Å². The summed E-state index contributed by atoms with van der Waals surface area (Å²) < 4.78 is 0. The fraction of sp³-hybridized carbons (Fsp3) is 0.591. The van der Waals surface area contributed by atoms with Gasteiger partial charge < -0.3 is 20.5 Å². The Labute approximate surface area is 185 Å². The van der Waals surface area contributed by atoms with E-state index in [-0.39, 0.29) is 24.0 Å². The fourth-order valence-electron chi connectivity index (χ4n) is 4.95. The van der Waals surface area contributed by atoms with Crippen LogP contribution in [0, 0.1) is 0 Å². The minimum Gasteiger partial charge on any atom is -0.361 e. The molecule has 1 aromatic heterocycles. The van der Waals surface area contributed by atoms with Crippen LogP contribution in [0.2, 0.25) is 0 Å². The lowest BCUT2D eigenvalue weighted by Gasteiger charge is -2.47. The molecule has 2 aliphatic rings. The highest BCUT2D eigenvalue weighted by atomic mass is 127. The van der Waals surface area contributed by atoms with Gasteiger partial charge in [0.15, 0.2) is 5.96 Å². The summed E-state index contributed by atoms with van der Waals surface area (Å²) in [5.74, 6) is 0.960. The summed E-state index contributed by atoms with van der Waals surface area (Å²) in [7, 11) is 4.19. The van der Waals surface area contributed by atoms with Crippen LogP contribution in [0.25, 0.3) is 10.9 Å². The molecule has 3 N–H and O–H groups in total. The molecule has 4 rings (SSSR count). The number of aliphatic imine (C=N–C) groups is 1. The first kappa shape index (κ1) is 21.4. The average molecular weight is 495 g/mol. The molecule has 2 aliphatic heterocycles. The van der Waals surface area contributed by atoms with Gasteiger partial charge in [0.05, 0.1) is 0 Å². The summed E-state index contributed by atoms with van der Waals surface area (Å²) in [6, 6.07) is 10.6. The normalized spacial score (nSPS) is 25.4. The highest BCUT2D eigenvalue weighted by molar-refractivity contribution is 14.0. The van der Waals surface area contributed by atoms with E-state index in [4.69, 9.17) is 0 Å². The third-order valence-electron chi connectivity index (χ3n) is 6.49. The number of halogens is 1. The van der Waals surface area contributed by atoms with E-state index in [1.54, 1.807) is 0 Å². The van der Waals surface area contributed by atoms with Crippen LogP contribution in [0.4, 0.5) is 0 Å². The smallest absolute Gasteiger partial charge is 0.191 e. The predicted octanol–water partition coefficient (Wildman–Crippen LogP) is 3.90. The number of hydrogen-bond donors (Lipinski definition) is 3. The Hall–Kier alpha value is -1.28. The van der Waals surface area contributed by atoms with Crippen LogP contribution < -0.4 is 10.6 Å². The van der Waals surface area contributed by atoms with Crippen molar-refractivity contribution < 1.29 is 0 Å². The summed E-state index contributed by atoms with van der Waals surface area (Å²) in [5.41, 5.74) is 2.63. The number of aromatic nitrogens is 1. The molecule has 0 amide bonds. The second kappa shape index (κ2) is 9.96. The Bertz CT molecular complexity index is 772. The Balaban J connectivity index is 0.00000225. The first-order valence-corrected chi connectivity index (χ1v) is 10.5. The zero-order valence-corrected chi connectivity index (χ0v) is 19.4. The zero-order valence-electron chi connectivity index (χ0n) is 17.1. The highest BCUT2D eigenvalue weighted by Gasteiger charge is 2.36. The summed E-state index contributed by atoms with van der Waals surface area (Å²) in [6.07, 6.45) is 10.9. The van der Waals surface area contributed by atoms with Crippen molar-refractivity contribution in [2.75, 3.05) is 20.6 Å². The van der Waals surface area contributed by atoms with Crippen LogP contribution in [-0.4, -0.2) is 54.6 Å². The maximum Gasteiger partial charge on any atom is 0.191 e. The lowest BCUT2D eigenvalue weighted by Crippen LogP contribution is -2.56. The molecule has 154 valence electrons. The van der Waals surface area contributed by atoms with E-state index >= 15 is 0 Å². The topological polar surface area (TPSA) is 55.5 Å². The van der Waals surface area contributed by atoms with Gasteiger partial charge in [0, 0.05) is 48.8 Å². The minimum atomic E-state index is 0. The standard InChI is InChI=1S/C22H33N5.HI/c1-23-22(26-17-13-18-8-5-9-19(14-17)27(18)2)24-12-6-7-16-15-25-21-11-4-3-10-20(16)21;/h3-4,10-11,15,17-19,25H,5-9,12-14H2,1-2H3,(H2,23,24,26);1H. The van der Waals surface area contributed by atoms with Gasteiger partial charge in [-0.15, -0.1) is 24.0 Å². The number of nitrogens with zero attached hydrogens (tertiary/aromatic N) is 2. The molecule has 2 unspecified atom stereocenters. The van der Waals surface area contributed by atoms with E-state index in [1.807, 2.05) is 7.05 Å². The van der Waals surface area contributed by atoms with Crippen molar-refractivity contribution >= 4 is 40.8 Å².